The number of nitrogens with zero attached hydrogens (tertiary/aromatic N) is 4. The molecule has 1 saturated carbocycles. The van der Waals surface area contributed by atoms with E-state index < -0.39 is 6.10 Å². The third-order valence-electron chi connectivity index (χ3n) is 4.60. The zero-order valence-corrected chi connectivity index (χ0v) is 14.3. The van der Waals surface area contributed by atoms with Crippen molar-refractivity contribution in [1.29, 1.82) is 0 Å². The topological polar surface area (TPSA) is 85.1 Å². The zero-order valence-electron chi connectivity index (χ0n) is 14.3. The van der Waals surface area contributed by atoms with E-state index in [0.717, 1.165) is 25.1 Å². The molecule has 7 nitrogen and oxygen atoms in total. The Labute approximate surface area is 151 Å². The molecule has 4 rings (SSSR count). The van der Waals surface area contributed by atoms with Gasteiger partial charge in [-0.1, -0.05) is 18.2 Å². The number of aromatic nitrogens is 4. The van der Waals surface area contributed by atoms with Crippen molar-refractivity contribution < 1.29 is 9.84 Å². The van der Waals surface area contributed by atoms with Gasteiger partial charge < -0.3 is 19.7 Å². The second kappa shape index (κ2) is 7.53. The van der Waals surface area contributed by atoms with Gasteiger partial charge in [-0.15, -0.1) is 0 Å². The largest absolute Gasteiger partial charge is 0.439 e. The summed E-state index contributed by atoms with van der Waals surface area (Å²) in [5.74, 6) is 2.24. The summed E-state index contributed by atoms with van der Waals surface area (Å²) in [7, 11) is 0. The maximum Gasteiger partial charge on any atom is 0.224 e. The molecule has 7 heteroatoms. The molecule has 1 aliphatic carbocycles. The van der Waals surface area contributed by atoms with Crippen molar-refractivity contribution in [2.45, 2.75) is 31.5 Å². The molecule has 2 N–H and O–H groups in total. The fourth-order valence-corrected chi connectivity index (χ4v) is 3.39. The fourth-order valence-electron chi connectivity index (χ4n) is 3.39. The third-order valence-corrected chi connectivity index (χ3v) is 4.60. The Bertz CT molecular complexity index is 825. The van der Waals surface area contributed by atoms with E-state index in [9.17, 15) is 5.11 Å². The number of imidazole rings is 1. The van der Waals surface area contributed by atoms with Crippen LogP contribution in [0, 0.1) is 5.92 Å². The van der Waals surface area contributed by atoms with E-state index in [-0.39, 0.29) is 6.04 Å². The van der Waals surface area contributed by atoms with Crippen LogP contribution in [0.3, 0.4) is 0 Å². The number of hydrogen-bond donors (Lipinski definition) is 2. The van der Waals surface area contributed by atoms with Crippen LogP contribution >= 0.6 is 0 Å². The first-order chi connectivity index (χ1) is 12.8. The maximum absolute atomic E-state index is 10.4. The summed E-state index contributed by atoms with van der Waals surface area (Å²) in [6, 6.07) is 11.2. The van der Waals surface area contributed by atoms with E-state index in [1.54, 1.807) is 12.3 Å². The number of nitrogens with one attached hydrogen (secondary N) is 1. The van der Waals surface area contributed by atoms with Crippen molar-refractivity contribution in [3.05, 3.63) is 61.4 Å². The Morgan fingerprint density at radius 1 is 1.19 bits per heavy atom. The minimum absolute atomic E-state index is 0.0389. The number of para-hydroxylation sites is 1. The van der Waals surface area contributed by atoms with Crippen LogP contribution in [0.15, 0.2) is 61.4 Å². The summed E-state index contributed by atoms with van der Waals surface area (Å²) < 4.78 is 7.79. The summed E-state index contributed by atoms with van der Waals surface area (Å²) in [5, 5.41) is 13.7. The molecule has 0 spiro atoms. The monoisotopic (exact) mass is 351 g/mol. The maximum atomic E-state index is 10.4. The van der Waals surface area contributed by atoms with Crippen LogP contribution in [-0.4, -0.2) is 36.8 Å². The predicted octanol–water partition coefficient (Wildman–Crippen LogP) is 2.72. The predicted molar refractivity (Wildman–Crippen MR) is 96.9 cm³/mol. The Morgan fingerprint density at radius 3 is 2.88 bits per heavy atom. The number of aliphatic hydroxyl groups excluding tert-OH is 1. The van der Waals surface area contributed by atoms with Gasteiger partial charge >= 0.3 is 0 Å². The molecule has 0 saturated heterocycles. The van der Waals surface area contributed by atoms with Gasteiger partial charge in [0.1, 0.15) is 17.9 Å². The molecule has 2 aromatic heterocycles. The van der Waals surface area contributed by atoms with Crippen LogP contribution in [0.5, 0.6) is 11.6 Å². The first-order valence-corrected chi connectivity index (χ1v) is 8.71. The lowest BCUT2D eigenvalue weighted by atomic mass is 10.1. The van der Waals surface area contributed by atoms with Gasteiger partial charge in [0.15, 0.2) is 0 Å². The Hall–Kier alpha value is -2.93. The molecule has 0 aliphatic heterocycles. The smallest absolute Gasteiger partial charge is 0.224 e. The van der Waals surface area contributed by atoms with Gasteiger partial charge in [0.25, 0.3) is 0 Å². The number of aliphatic hydroxyl groups is 1. The van der Waals surface area contributed by atoms with Gasteiger partial charge in [-0.3, -0.25) is 0 Å². The van der Waals surface area contributed by atoms with Crippen molar-refractivity contribution in [2.75, 3.05) is 5.32 Å². The van der Waals surface area contributed by atoms with Crippen LogP contribution in [0.4, 0.5) is 5.82 Å². The van der Waals surface area contributed by atoms with E-state index in [4.69, 9.17) is 4.74 Å². The molecule has 1 aliphatic rings. The number of rotatable bonds is 6. The van der Waals surface area contributed by atoms with Gasteiger partial charge in [0.2, 0.25) is 5.88 Å². The summed E-state index contributed by atoms with van der Waals surface area (Å²) in [4.78, 5) is 12.5. The van der Waals surface area contributed by atoms with Gasteiger partial charge in [0, 0.05) is 25.0 Å². The lowest BCUT2D eigenvalue weighted by molar-refractivity contribution is 0.166. The van der Waals surface area contributed by atoms with Gasteiger partial charge in [-0.25, -0.2) is 15.0 Å². The number of benzene rings is 1. The van der Waals surface area contributed by atoms with Crippen molar-refractivity contribution in [1.82, 2.24) is 19.5 Å². The molecule has 3 atom stereocenters. The molecule has 1 unspecified atom stereocenters. The van der Waals surface area contributed by atoms with Crippen molar-refractivity contribution >= 4 is 5.82 Å². The Morgan fingerprint density at radius 2 is 2.08 bits per heavy atom. The highest BCUT2D eigenvalue weighted by Crippen LogP contribution is 2.30. The molecule has 26 heavy (non-hydrogen) atoms. The molecule has 134 valence electrons. The first kappa shape index (κ1) is 16.5. The summed E-state index contributed by atoms with van der Waals surface area (Å²) in [5.41, 5.74) is 0. The van der Waals surface area contributed by atoms with Crippen LogP contribution in [0.1, 0.15) is 12.8 Å². The highest BCUT2D eigenvalue weighted by Gasteiger charge is 2.33. The molecule has 1 fully saturated rings. The molecule has 0 radical (unpaired) electrons. The lowest BCUT2D eigenvalue weighted by Crippen LogP contribution is -2.28. The van der Waals surface area contributed by atoms with E-state index in [1.807, 2.05) is 42.9 Å². The van der Waals surface area contributed by atoms with E-state index >= 15 is 0 Å². The average Bonchev–Trinajstić information content (AvgIpc) is 3.27. The minimum Gasteiger partial charge on any atom is -0.439 e. The number of anilines is 1. The molecular weight excluding hydrogens is 330 g/mol. The Kier molecular flexibility index (Phi) is 4.79. The molecule has 0 bridgehead atoms. The summed E-state index contributed by atoms with van der Waals surface area (Å²) >= 11 is 0. The number of hydrogen-bond acceptors (Lipinski definition) is 6. The minimum atomic E-state index is -0.406. The van der Waals surface area contributed by atoms with Crippen LogP contribution in [0.2, 0.25) is 0 Å². The fraction of sp³-hybridized carbons (Fsp3) is 0.316. The van der Waals surface area contributed by atoms with E-state index in [2.05, 4.69) is 24.8 Å². The van der Waals surface area contributed by atoms with Gasteiger partial charge in [0.05, 0.1) is 18.5 Å². The highest BCUT2D eigenvalue weighted by molar-refractivity contribution is 5.40. The van der Waals surface area contributed by atoms with Crippen molar-refractivity contribution in [3.8, 4) is 11.6 Å². The second-order valence-corrected chi connectivity index (χ2v) is 6.57. The molecule has 1 aromatic carbocycles. The second-order valence-electron chi connectivity index (χ2n) is 6.57. The van der Waals surface area contributed by atoms with Crippen LogP contribution in [-0.2, 0) is 6.54 Å². The van der Waals surface area contributed by atoms with E-state index in [1.165, 1.54) is 6.33 Å². The highest BCUT2D eigenvalue weighted by atomic mass is 16.5. The van der Waals surface area contributed by atoms with Crippen molar-refractivity contribution in [3.63, 3.8) is 0 Å². The third kappa shape index (κ3) is 4.00. The molecule has 0 amide bonds. The molecule has 3 aromatic rings. The summed E-state index contributed by atoms with van der Waals surface area (Å²) in [6.45, 7) is 0.862. The number of ether oxygens (including phenoxy) is 1. The first-order valence-electron chi connectivity index (χ1n) is 8.71. The van der Waals surface area contributed by atoms with Crippen LogP contribution < -0.4 is 10.1 Å². The zero-order chi connectivity index (χ0) is 17.8. The average molecular weight is 351 g/mol. The normalized spacial score (nSPS) is 22.3. The molecule has 2 heterocycles. The van der Waals surface area contributed by atoms with E-state index in [0.29, 0.717) is 17.6 Å². The lowest BCUT2D eigenvalue weighted by Gasteiger charge is -2.17. The van der Waals surface area contributed by atoms with Crippen molar-refractivity contribution in [2.24, 2.45) is 5.92 Å². The quantitative estimate of drug-likeness (QED) is 0.710. The summed E-state index contributed by atoms with van der Waals surface area (Å²) in [6.07, 6.45) is 8.22. The van der Waals surface area contributed by atoms with Gasteiger partial charge in [-0.2, -0.15) is 0 Å². The Balaban J connectivity index is 1.38. The standard InChI is InChI=1S/C19H21N5O2/c25-17-9-14(11-24-7-6-20-13-24)8-16(17)23-18-10-19(22-12-21-18)26-15-4-2-1-3-5-15/h1-7,10,12-14,16-17,25H,8-9,11H2,(H,21,22,23)/t14?,16-,17-/m1/s1. The SMILES string of the molecule is O[C@@H]1CC(Cn2ccnc2)C[C@H]1Nc1cc(Oc2ccccc2)ncn1. The van der Waals surface area contributed by atoms with Crippen LogP contribution in [0.25, 0.3) is 0 Å². The van der Waals surface area contributed by atoms with Gasteiger partial charge in [-0.05, 0) is 30.9 Å². The molecular formula is C19H21N5O2.